The minimum Gasteiger partial charge on any atom is -0.409 e. The summed E-state index contributed by atoms with van der Waals surface area (Å²) in [5.74, 6) is -0.0139. The summed E-state index contributed by atoms with van der Waals surface area (Å²) in [4.78, 5) is 13.7. The molecule has 0 aromatic rings. The van der Waals surface area contributed by atoms with Gasteiger partial charge in [-0.25, -0.2) is 0 Å². The second kappa shape index (κ2) is 6.04. The fourth-order valence-electron chi connectivity index (χ4n) is 1.97. The molecule has 0 aliphatic carbocycles. The SMILES string of the molecule is CC(C)(C)OCC(=O)N1CCCCC1C(N)=NO. The van der Waals surface area contributed by atoms with Gasteiger partial charge in [0.25, 0.3) is 0 Å². The number of amides is 1. The molecule has 18 heavy (non-hydrogen) atoms. The third-order valence-electron chi connectivity index (χ3n) is 2.91. The molecule has 1 unspecified atom stereocenters. The summed E-state index contributed by atoms with van der Waals surface area (Å²) in [5, 5.41) is 11.8. The topological polar surface area (TPSA) is 88.2 Å². The number of hydrogen-bond donors (Lipinski definition) is 2. The number of nitrogens with zero attached hydrogens (tertiary/aromatic N) is 2. The monoisotopic (exact) mass is 257 g/mol. The number of rotatable bonds is 3. The van der Waals surface area contributed by atoms with Crippen LogP contribution in [0.2, 0.25) is 0 Å². The van der Waals surface area contributed by atoms with Gasteiger partial charge < -0.3 is 20.6 Å². The molecule has 1 fully saturated rings. The molecule has 0 radical (unpaired) electrons. The summed E-state index contributed by atoms with van der Waals surface area (Å²) < 4.78 is 5.47. The van der Waals surface area contributed by atoms with Crippen LogP contribution in [0, 0.1) is 0 Å². The van der Waals surface area contributed by atoms with Gasteiger partial charge in [-0.05, 0) is 40.0 Å². The van der Waals surface area contributed by atoms with Crippen LogP contribution in [0.15, 0.2) is 5.16 Å². The molecule has 0 aromatic carbocycles. The standard InChI is InChI=1S/C12H23N3O3/c1-12(2,3)18-8-10(16)15-7-5-4-6-9(15)11(13)14-17/h9,17H,4-8H2,1-3H3,(H2,13,14). The molecule has 1 rings (SSSR count). The van der Waals surface area contributed by atoms with E-state index in [-0.39, 0.29) is 30.0 Å². The highest BCUT2D eigenvalue weighted by atomic mass is 16.5. The Kier molecular flexibility index (Phi) is 4.95. The molecule has 1 aliphatic rings. The molecule has 1 aliphatic heterocycles. The molecule has 1 saturated heterocycles. The number of carbonyl (C=O) groups is 1. The van der Waals surface area contributed by atoms with Crippen molar-refractivity contribution in [3.05, 3.63) is 0 Å². The third kappa shape index (κ3) is 4.18. The molecule has 0 aromatic heterocycles. The van der Waals surface area contributed by atoms with Gasteiger partial charge in [0.05, 0.1) is 11.6 Å². The Balaban J connectivity index is 2.63. The van der Waals surface area contributed by atoms with E-state index in [4.69, 9.17) is 15.7 Å². The average molecular weight is 257 g/mol. The first kappa shape index (κ1) is 14.8. The molecule has 0 bridgehead atoms. The van der Waals surface area contributed by atoms with Crippen LogP contribution in [0.1, 0.15) is 40.0 Å². The predicted molar refractivity (Wildman–Crippen MR) is 68.5 cm³/mol. The van der Waals surface area contributed by atoms with Gasteiger partial charge >= 0.3 is 0 Å². The number of amidine groups is 1. The smallest absolute Gasteiger partial charge is 0.249 e. The number of nitrogens with two attached hydrogens (primary N) is 1. The van der Waals surface area contributed by atoms with E-state index in [0.717, 1.165) is 19.3 Å². The third-order valence-corrected chi connectivity index (χ3v) is 2.91. The van der Waals surface area contributed by atoms with E-state index in [1.165, 1.54) is 0 Å². The van der Waals surface area contributed by atoms with Crippen LogP contribution in [0.5, 0.6) is 0 Å². The van der Waals surface area contributed by atoms with E-state index in [1.807, 2.05) is 20.8 Å². The van der Waals surface area contributed by atoms with Crippen molar-refractivity contribution in [3.63, 3.8) is 0 Å². The van der Waals surface area contributed by atoms with Crippen LogP contribution in [0.4, 0.5) is 0 Å². The van der Waals surface area contributed by atoms with Crippen molar-refractivity contribution in [2.75, 3.05) is 13.2 Å². The Bertz CT molecular complexity index is 323. The molecule has 6 nitrogen and oxygen atoms in total. The number of likely N-dealkylation sites (tertiary alicyclic amines) is 1. The summed E-state index contributed by atoms with van der Waals surface area (Å²) in [6.45, 7) is 6.36. The van der Waals surface area contributed by atoms with E-state index < -0.39 is 0 Å². The summed E-state index contributed by atoms with van der Waals surface area (Å²) in [6.07, 6.45) is 2.65. The maximum atomic E-state index is 12.1. The fourth-order valence-corrected chi connectivity index (χ4v) is 1.97. The van der Waals surface area contributed by atoms with Gasteiger partial charge in [-0.15, -0.1) is 0 Å². The predicted octanol–water partition coefficient (Wildman–Crippen LogP) is 0.929. The van der Waals surface area contributed by atoms with Crippen molar-refractivity contribution in [2.45, 2.75) is 51.7 Å². The largest absolute Gasteiger partial charge is 0.409 e. The van der Waals surface area contributed by atoms with Gasteiger partial charge in [0.2, 0.25) is 5.91 Å². The maximum Gasteiger partial charge on any atom is 0.249 e. The van der Waals surface area contributed by atoms with E-state index in [9.17, 15) is 4.79 Å². The van der Waals surface area contributed by atoms with Crippen LogP contribution in [-0.4, -0.2) is 46.6 Å². The molecule has 1 atom stereocenters. The van der Waals surface area contributed by atoms with Crippen molar-refractivity contribution in [1.29, 1.82) is 0 Å². The minimum absolute atomic E-state index is 0.0265. The maximum absolute atomic E-state index is 12.1. The molecule has 1 amide bonds. The van der Waals surface area contributed by atoms with E-state index in [1.54, 1.807) is 4.90 Å². The first-order chi connectivity index (χ1) is 8.35. The number of carbonyl (C=O) groups excluding carboxylic acids is 1. The average Bonchev–Trinajstić information content (AvgIpc) is 2.34. The van der Waals surface area contributed by atoms with E-state index >= 15 is 0 Å². The summed E-state index contributed by atoms with van der Waals surface area (Å²) in [6, 6.07) is -0.306. The first-order valence-corrected chi connectivity index (χ1v) is 6.26. The molecule has 104 valence electrons. The molecule has 0 saturated carbocycles. The van der Waals surface area contributed by atoms with E-state index in [0.29, 0.717) is 6.54 Å². The van der Waals surface area contributed by atoms with Crippen LogP contribution < -0.4 is 5.73 Å². The second-order valence-electron chi connectivity index (χ2n) is 5.52. The zero-order chi connectivity index (χ0) is 13.8. The van der Waals surface area contributed by atoms with Gasteiger partial charge in [0.15, 0.2) is 5.84 Å². The van der Waals surface area contributed by atoms with Crippen molar-refractivity contribution in [2.24, 2.45) is 10.9 Å². The van der Waals surface area contributed by atoms with Gasteiger partial charge in [0, 0.05) is 6.54 Å². The number of ether oxygens (including phenoxy) is 1. The van der Waals surface area contributed by atoms with Crippen molar-refractivity contribution in [3.8, 4) is 0 Å². The van der Waals surface area contributed by atoms with E-state index in [2.05, 4.69) is 5.16 Å². The summed E-state index contributed by atoms with van der Waals surface area (Å²) in [7, 11) is 0. The van der Waals surface area contributed by atoms with Gasteiger partial charge in [-0.3, -0.25) is 4.79 Å². The lowest BCUT2D eigenvalue weighted by atomic mass is 10.0. The number of piperidine rings is 1. The Morgan fingerprint density at radius 1 is 1.50 bits per heavy atom. The molecule has 0 spiro atoms. The Morgan fingerprint density at radius 3 is 2.72 bits per heavy atom. The van der Waals surface area contributed by atoms with Gasteiger partial charge in [-0.1, -0.05) is 5.16 Å². The molecular weight excluding hydrogens is 234 g/mol. The van der Waals surface area contributed by atoms with Crippen LogP contribution in [0.3, 0.4) is 0 Å². The normalized spacial score (nSPS) is 22.1. The lowest BCUT2D eigenvalue weighted by Crippen LogP contribution is -2.52. The number of hydrogen-bond acceptors (Lipinski definition) is 4. The lowest BCUT2D eigenvalue weighted by molar-refractivity contribution is -0.143. The highest BCUT2D eigenvalue weighted by Gasteiger charge is 2.30. The van der Waals surface area contributed by atoms with Gasteiger partial charge in [0.1, 0.15) is 6.61 Å². The fraction of sp³-hybridized carbons (Fsp3) is 0.833. The van der Waals surface area contributed by atoms with Crippen molar-refractivity contribution >= 4 is 11.7 Å². The minimum atomic E-state index is -0.350. The molecule has 6 heteroatoms. The van der Waals surface area contributed by atoms with Gasteiger partial charge in [-0.2, -0.15) is 0 Å². The molecule has 3 N–H and O–H groups in total. The van der Waals surface area contributed by atoms with Crippen molar-refractivity contribution < 1.29 is 14.7 Å². The molecular formula is C12H23N3O3. The Hall–Kier alpha value is -1.30. The first-order valence-electron chi connectivity index (χ1n) is 6.26. The van der Waals surface area contributed by atoms with Crippen molar-refractivity contribution in [1.82, 2.24) is 4.90 Å². The van der Waals surface area contributed by atoms with Crippen LogP contribution >= 0.6 is 0 Å². The zero-order valence-electron chi connectivity index (χ0n) is 11.3. The highest BCUT2D eigenvalue weighted by Crippen LogP contribution is 2.18. The summed E-state index contributed by atoms with van der Waals surface area (Å²) >= 11 is 0. The quantitative estimate of drug-likeness (QED) is 0.341. The van der Waals surface area contributed by atoms with Crippen LogP contribution in [0.25, 0.3) is 0 Å². The summed E-state index contributed by atoms with van der Waals surface area (Å²) in [5.41, 5.74) is 5.27. The van der Waals surface area contributed by atoms with Crippen LogP contribution in [-0.2, 0) is 9.53 Å². The Morgan fingerprint density at radius 2 is 2.17 bits per heavy atom. The lowest BCUT2D eigenvalue weighted by Gasteiger charge is -2.35. The Labute approximate surface area is 108 Å². The molecule has 1 heterocycles. The number of oxime groups is 1. The zero-order valence-corrected chi connectivity index (χ0v) is 11.3. The highest BCUT2D eigenvalue weighted by molar-refractivity contribution is 5.90. The second-order valence-corrected chi connectivity index (χ2v) is 5.52.